The number of aryl methyl sites for hydroxylation is 2. The fourth-order valence-corrected chi connectivity index (χ4v) is 4.42. The van der Waals surface area contributed by atoms with Crippen LogP contribution >= 0.6 is 0 Å². The van der Waals surface area contributed by atoms with E-state index < -0.39 is 10.0 Å². The molecule has 0 aliphatic heterocycles. The molecule has 1 heterocycles. The first-order valence-electron chi connectivity index (χ1n) is 7.69. The Kier molecular flexibility index (Phi) is 4.49. The number of hydrogen-bond acceptors (Lipinski definition) is 3. The lowest BCUT2D eigenvalue weighted by molar-refractivity contribution is 0.174. The lowest BCUT2D eigenvalue weighted by Gasteiger charge is -2.37. The summed E-state index contributed by atoms with van der Waals surface area (Å²) in [6.45, 7) is 9.06. The Morgan fingerprint density at radius 3 is 2.43 bits per heavy atom. The summed E-state index contributed by atoms with van der Waals surface area (Å²) < 4.78 is 28.8. The Balaban J connectivity index is 2.19. The number of hydrogen-bond donors (Lipinski definition) is 0. The predicted octanol–water partition coefficient (Wildman–Crippen LogP) is 2.80. The van der Waals surface area contributed by atoms with E-state index >= 15 is 0 Å². The highest BCUT2D eigenvalue weighted by Crippen LogP contribution is 2.37. The van der Waals surface area contributed by atoms with E-state index in [0.29, 0.717) is 5.41 Å². The molecule has 0 saturated heterocycles. The quantitative estimate of drug-likeness (QED) is 0.859. The van der Waals surface area contributed by atoms with Gasteiger partial charge < -0.3 is 4.57 Å². The van der Waals surface area contributed by atoms with Gasteiger partial charge in [-0.2, -0.15) is 4.31 Å². The van der Waals surface area contributed by atoms with Crippen molar-refractivity contribution < 1.29 is 8.42 Å². The molecule has 0 atom stereocenters. The van der Waals surface area contributed by atoms with Gasteiger partial charge in [0.15, 0.2) is 5.03 Å². The number of imidazole rings is 1. The molecule has 0 amide bonds. The Hall–Kier alpha value is -0.880. The molecule has 1 aliphatic rings. The van der Waals surface area contributed by atoms with E-state index in [1.165, 1.54) is 4.31 Å². The maximum absolute atomic E-state index is 12.7. The third-order valence-corrected chi connectivity index (χ3v) is 6.54. The average molecular weight is 313 g/mol. The minimum atomic E-state index is -3.49. The van der Waals surface area contributed by atoms with E-state index in [2.05, 4.69) is 18.8 Å². The Bertz CT molecular complexity index is 594. The van der Waals surface area contributed by atoms with Gasteiger partial charge in [0.1, 0.15) is 5.82 Å². The van der Waals surface area contributed by atoms with Gasteiger partial charge in [-0.25, -0.2) is 13.4 Å². The summed E-state index contributed by atoms with van der Waals surface area (Å²) in [6.07, 6.45) is 5.64. The zero-order valence-electron chi connectivity index (χ0n) is 13.8. The van der Waals surface area contributed by atoms with E-state index in [4.69, 9.17) is 0 Å². The second-order valence-electron chi connectivity index (χ2n) is 6.83. The molecule has 1 aliphatic carbocycles. The monoisotopic (exact) mass is 313 g/mol. The lowest BCUT2D eigenvalue weighted by atomic mass is 9.76. The van der Waals surface area contributed by atoms with Crippen LogP contribution in [0.15, 0.2) is 11.2 Å². The van der Waals surface area contributed by atoms with Gasteiger partial charge in [0.05, 0.1) is 0 Å². The molecule has 0 spiro atoms. The number of aromatic nitrogens is 2. The van der Waals surface area contributed by atoms with Crippen LogP contribution in [0, 0.1) is 12.3 Å². The fraction of sp³-hybridized carbons (Fsp3) is 0.800. The molecule has 1 saturated carbocycles. The van der Waals surface area contributed by atoms with Crippen molar-refractivity contribution in [2.24, 2.45) is 5.41 Å². The third kappa shape index (κ3) is 3.31. The van der Waals surface area contributed by atoms with Crippen molar-refractivity contribution in [2.75, 3.05) is 7.05 Å². The van der Waals surface area contributed by atoms with Gasteiger partial charge in [-0.15, -0.1) is 0 Å². The number of nitrogens with zero attached hydrogens (tertiary/aromatic N) is 3. The molecule has 2 rings (SSSR count). The standard InChI is InChI=1S/C15H27N3O2S/c1-6-18-11-14(16-12(18)2)21(19,20)17(5)13-7-9-15(3,4)10-8-13/h11,13H,6-10H2,1-5H3. The first kappa shape index (κ1) is 16.5. The molecule has 1 aromatic heterocycles. The van der Waals surface area contributed by atoms with Crippen LogP contribution in [-0.2, 0) is 16.6 Å². The van der Waals surface area contributed by atoms with Crippen LogP contribution in [0.25, 0.3) is 0 Å². The van der Waals surface area contributed by atoms with E-state index in [0.717, 1.165) is 38.1 Å². The summed E-state index contributed by atoms with van der Waals surface area (Å²) in [5.74, 6) is 0.745. The van der Waals surface area contributed by atoms with Crippen LogP contribution in [0.5, 0.6) is 0 Å². The van der Waals surface area contributed by atoms with Crippen molar-refractivity contribution in [3.63, 3.8) is 0 Å². The highest BCUT2D eigenvalue weighted by Gasteiger charge is 2.35. The maximum atomic E-state index is 12.7. The maximum Gasteiger partial charge on any atom is 0.262 e. The van der Waals surface area contributed by atoms with Crippen molar-refractivity contribution in [3.05, 3.63) is 12.0 Å². The molecular weight excluding hydrogens is 286 g/mol. The predicted molar refractivity (Wildman–Crippen MR) is 83.6 cm³/mol. The normalized spacial score (nSPS) is 20.1. The van der Waals surface area contributed by atoms with Gasteiger partial charge in [-0.1, -0.05) is 13.8 Å². The highest BCUT2D eigenvalue weighted by molar-refractivity contribution is 7.89. The van der Waals surface area contributed by atoms with E-state index in [9.17, 15) is 8.42 Å². The molecule has 0 N–H and O–H groups in total. The van der Waals surface area contributed by atoms with Gasteiger partial charge in [0.25, 0.3) is 10.0 Å². The van der Waals surface area contributed by atoms with Crippen LogP contribution in [0.1, 0.15) is 52.3 Å². The van der Waals surface area contributed by atoms with Crippen molar-refractivity contribution in [1.29, 1.82) is 0 Å². The summed E-state index contributed by atoms with van der Waals surface area (Å²) in [5, 5.41) is 0.175. The summed E-state index contributed by atoms with van der Waals surface area (Å²) in [6, 6.07) is 0.0927. The summed E-state index contributed by atoms with van der Waals surface area (Å²) in [4.78, 5) is 4.23. The third-order valence-electron chi connectivity index (χ3n) is 4.76. The van der Waals surface area contributed by atoms with Crippen LogP contribution < -0.4 is 0 Å². The molecule has 21 heavy (non-hydrogen) atoms. The molecule has 1 fully saturated rings. The second kappa shape index (κ2) is 5.72. The van der Waals surface area contributed by atoms with E-state index in [-0.39, 0.29) is 11.1 Å². The second-order valence-corrected chi connectivity index (χ2v) is 8.77. The van der Waals surface area contributed by atoms with Crippen molar-refractivity contribution in [3.8, 4) is 0 Å². The molecule has 6 heteroatoms. The number of rotatable bonds is 4. The van der Waals surface area contributed by atoms with Crippen LogP contribution in [0.4, 0.5) is 0 Å². The highest BCUT2D eigenvalue weighted by atomic mass is 32.2. The molecule has 0 aromatic carbocycles. The molecule has 0 unspecified atom stereocenters. The zero-order valence-corrected chi connectivity index (χ0v) is 14.6. The van der Waals surface area contributed by atoms with Crippen LogP contribution in [0.3, 0.4) is 0 Å². The van der Waals surface area contributed by atoms with Crippen molar-refractivity contribution >= 4 is 10.0 Å². The zero-order chi connectivity index (χ0) is 15.8. The number of sulfonamides is 1. The lowest BCUT2D eigenvalue weighted by Crippen LogP contribution is -2.40. The van der Waals surface area contributed by atoms with Gasteiger partial charge in [0.2, 0.25) is 0 Å². The van der Waals surface area contributed by atoms with Gasteiger partial charge in [-0.05, 0) is 44.9 Å². The smallest absolute Gasteiger partial charge is 0.262 e. The van der Waals surface area contributed by atoms with Gasteiger partial charge in [-0.3, -0.25) is 0 Å². The van der Waals surface area contributed by atoms with Gasteiger partial charge >= 0.3 is 0 Å². The summed E-state index contributed by atoms with van der Waals surface area (Å²) in [7, 11) is -1.79. The van der Waals surface area contributed by atoms with E-state index in [1.807, 2.05) is 18.4 Å². The first-order chi connectivity index (χ1) is 9.67. The van der Waals surface area contributed by atoms with E-state index in [1.54, 1.807) is 13.2 Å². The molecule has 0 bridgehead atoms. The largest absolute Gasteiger partial charge is 0.334 e. The molecule has 120 valence electrons. The average Bonchev–Trinajstić information content (AvgIpc) is 2.80. The van der Waals surface area contributed by atoms with Crippen LogP contribution in [0.2, 0.25) is 0 Å². The Morgan fingerprint density at radius 1 is 1.38 bits per heavy atom. The summed E-state index contributed by atoms with van der Waals surface area (Å²) >= 11 is 0. The molecule has 0 radical (unpaired) electrons. The summed E-state index contributed by atoms with van der Waals surface area (Å²) in [5.41, 5.74) is 0.335. The van der Waals surface area contributed by atoms with Crippen molar-refractivity contribution in [2.45, 2.75) is 71.0 Å². The SMILES string of the molecule is CCn1cc(S(=O)(=O)N(C)C2CCC(C)(C)CC2)nc1C. The molecular formula is C15H27N3O2S. The Morgan fingerprint density at radius 2 is 1.95 bits per heavy atom. The van der Waals surface area contributed by atoms with Crippen LogP contribution in [-0.4, -0.2) is 35.4 Å². The first-order valence-corrected chi connectivity index (χ1v) is 9.13. The minimum Gasteiger partial charge on any atom is -0.334 e. The molecule has 1 aromatic rings. The minimum absolute atomic E-state index is 0.0927. The van der Waals surface area contributed by atoms with Gasteiger partial charge in [0, 0.05) is 25.8 Å². The fourth-order valence-electron chi connectivity index (χ4n) is 3.02. The topological polar surface area (TPSA) is 55.2 Å². The van der Waals surface area contributed by atoms with Crippen molar-refractivity contribution in [1.82, 2.24) is 13.9 Å². The molecule has 5 nitrogen and oxygen atoms in total. The Labute approximate surface area is 128 Å².